The van der Waals surface area contributed by atoms with Gasteiger partial charge >= 0.3 is 0 Å². The van der Waals surface area contributed by atoms with Crippen LogP contribution in [0.3, 0.4) is 0 Å². The number of unbranched alkanes of at least 4 members (excludes halogenated alkanes) is 1. The normalized spacial score (nSPS) is 30.6. The van der Waals surface area contributed by atoms with E-state index in [9.17, 15) is 0 Å². The fourth-order valence-electron chi connectivity index (χ4n) is 2.74. The van der Waals surface area contributed by atoms with E-state index in [-0.39, 0.29) is 5.60 Å². The number of nitrogens with one attached hydrogen (secondary N) is 1. The highest BCUT2D eigenvalue weighted by Crippen LogP contribution is 2.36. The first-order chi connectivity index (χ1) is 7.76. The Hall–Kier alpha value is -0.0800. The molecular weight excluding hydrogens is 198 g/mol. The number of hydrogen-bond donors (Lipinski definition) is 1. The van der Waals surface area contributed by atoms with Crippen LogP contribution in [-0.4, -0.2) is 25.8 Å². The molecule has 0 saturated heterocycles. The van der Waals surface area contributed by atoms with E-state index in [1.54, 1.807) is 0 Å². The topological polar surface area (TPSA) is 21.3 Å². The summed E-state index contributed by atoms with van der Waals surface area (Å²) >= 11 is 0. The SMILES string of the molecule is CCCCOC1(CNC)CCC(CC)CC1. The van der Waals surface area contributed by atoms with Crippen molar-refractivity contribution in [1.29, 1.82) is 0 Å². The summed E-state index contributed by atoms with van der Waals surface area (Å²) < 4.78 is 6.18. The molecular formula is C14H29NO. The lowest BCUT2D eigenvalue weighted by molar-refractivity contribution is -0.0764. The largest absolute Gasteiger partial charge is 0.374 e. The van der Waals surface area contributed by atoms with Gasteiger partial charge in [0.15, 0.2) is 0 Å². The summed E-state index contributed by atoms with van der Waals surface area (Å²) in [4.78, 5) is 0. The van der Waals surface area contributed by atoms with Crippen molar-refractivity contribution in [3.05, 3.63) is 0 Å². The lowest BCUT2D eigenvalue weighted by Gasteiger charge is -2.40. The molecule has 0 bridgehead atoms. The fourth-order valence-corrected chi connectivity index (χ4v) is 2.74. The van der Waals surface area contributed by atoms with Crippen molar-refractivity contribution in [2.24, 2.45) is 5.92 Å². The highest BCUT2D eigenvalue weighted by Gasteiger charge is 2.34. The van der Waals surface area contributed by atoms with Crippen LogP contribution in [0.15, 0.2) is 0 Å². The van der Waals surface area contributed by atoms with E-state index in [4.69, 9.17) is 4.74 Å². The molecule has 96 valence electrons. The van der Waals surface area contributed by atoms with Gasteiger partial charge in [-0.1, -0.05) is 26.7 Å². The van der Waals surface area contributed by atoms with Crippen LogP contribution in [0, 0.1) is 5.92 Å². The van der Waals surface area contributed by atoms with Gasteiger partial charge in [0.2, 0.25) is 0 Å². The van der Waals surface area contributed by atoms with E-state index in [1.165, 1.54) is 44.9 Å². The summed E-state index contributed by atoms with van der Waals surface area (Å²) in [6.07, 6.45) is 8.96. The summed E-state index contributed by atoms with van der Waals surface area (Å²) in [5.74, 6) is 0.944. The molecule has 1 fully saturated rings. The van der Waals surface area contributed by atoms with E-state index in [1.807, 2.05) is 7.05 Å². The van der Waals surface area contributed by atoms with Crippen LogP contribution >= 0.6 is 0 Å². The van der Waals surface area contributed by atoms with Gasteiger partial charge in [0, 0.05) is 13.2 Å². The lowest BCUT2D eigenvalue weighted by atomic mass is 9.77. The summed E-state index contributed by atoms with van der Waals surface area (Å²) in [5, 5.41) is 3.31. The minimum atomic E-state index is 0.148. The predicted molar refractivity (Wildman–Crippen MR) is 69.8 cm³/mol. The van der Waals surface area contributed by atoms with Crippen LogP contribution in [0.25, 0.3) is 0 Å². The second-order valence-electron chi connectivity index (χ2n) is 5.27. The molecule has 0 aromatic heterocycles. The Kier molecular flexibility index (Phi) is 6.37. The van der Waals surface area contributed by atoms with Crippen LogP contribution in [0.1, 0.15) is 58.8 Å². The fraction of sp³-hybridized carbons (Fsp3) is 1.00. The van der Waals surface area contributed by atoms with Gasteiger partial charge in [-0.15, -0.1) is 0 Å². The Labute approximate surface area is 101 Å². The summed E-state index contributed by atoms with van der Waals surface area (Å²) in [7, 11) is 2.04. The van der Waals surface area contributed by atoms with Gasteiger partial charge in [-0.25, -0.2) is 0 Å². The zero-order valence-corrected chi connectivity index (χ0v) is 11.3. The molecule has 0 aromatic rings. The van der Waals surface area contributed by atoms with Crippen molar-refractivity contribution in [2.75, 3.05) is 20.2 Å². The zero-order chi connectivity index (χ0) is 11.9. The minimum absolute atomic E-state index is 0.148. The Balaban J connectivity index is 2.40. The van der Waals surface area contributed by atoms with Crippen molar-refractivity contribution in [3.63, 3.8) is 0 Å². The van der Waals surface area contributed by atoms with E-state index in [0.29, 0.717) is 0 Å². The molecule has 1 N–H and O–H groups in total. The molecule has 1 rings (SSSR count). The molecule has 0 amide bonds. The van der Waals surface area contributed by atoms with Crippen molar-refractivity contribution >= 4 is 0 Å². The Morgan fingerprint density at radius 2 is 1.94 bits per heavy atom. The molecule has 1 aliphatic rings. The molecule has 0 radical (unpaired) electrons. The van der Waals surface area contributed by atoms with Crippen LogP contribution in [0.4, 0.5) is 0 Å². The van der Waals surface area contributed by atoms with Gasteiger partial charge in [0.05, 0.1) is 5.60 Å². The van der Waals surface area contributed by atoms with E-state index >= 15 is 0 Å². The molecule has 0 spiro atoms. The monoisotopic (exact) mass is 227 g/mol. The molecule has 0 aliphatic heterocycles. The summed E-state index contributed by atoms with van der Waals surface area (Å²) in [6, 6.07) is 0. The quantitative estimate of drug-likeness (QED) is 0.673. The van der Waals surface area contributed by atoms with Gasteiger partial charge in [-0.3, -0.25) is 0 Å². The summed E-state index contributed by atoms with van der Waals surface area (Å²) in [5.41, 5.74) is 0.148. The first kappa shape index (κ1) is 14.0. The maximum absolute atomic E-state index is 6.18. The third kappa shape index (κ3) is 4.06. The first-order valence-corrected chi connectivity index (χ1v) is 7.05. The number of ether oxygens (including phenoxy) is 1. The van der Waals surface area contributed by atoms with Crippen molar-refractivity contribution in [2.45, 2.75) is 64.4 Å². The van der Waals surface area contributed by atoms with Crippen LogP contribution < -0.4 is 5.32 Å². The van der Waals surface area contributed by atoms with Crippen LogP contribution in [0.5, 0.6) is 0 Å². The molecule has 16 heavy (non-hydrogen) atoms. The lowest BCUT2D eigenvalue weighted by Crippen LogP contribution is -2.45. The minimum Gasteiger partial charge on any atom is -0.374 e. The molecule has 2 nitrogen and oxygen atoms in total. The Morgan fingerprint density at radius 3 is 2.44 bits per heavy atom. The van der Waals surface area contributed by atoms with E-state index < -0.39 is 0 Å². The molecule has 1 aliphatic carbocycles. The molecule has 2 heteroatoms. The second-order valence-corrected chi connectivity index (χ2v) is 5.27. The van der Waals surface area contributed by atoms with Gasteiger partial charge in [-0.05, 0) is 45.1 Å². The molecule has 0 atom stereocenters. The Bertz CT molecular complexity index is 168. The van der Waals surface area contributed by atoms with Crippen LogP contribution in [0.2, 0.25) is 0 Å². The number of likely N-dealkylation sites (N-methyl/N-ethyl adjacent to an activating group) is 1. The molecule has 0 aromatic carbocycles. The number of hydrogen-bond acceptors (Lipinski definition) is 2. The summed E-state index contributed by atoms with van der Waals surface area (Å²) in [6.45, 7) is 6.50. The molecule has 0 heterocycles. The zero-order valence-electron chi connectivity index (χ0n) is 11.3. The van der Waals surface area contributed by atoms with E-state index in [2.05, 4.69) is 19.2 Å². The second kappa shape index (κ2) is 7.29. The highest BCUT2D eigenvalue weighted by molar-refractivity contribution is 4.88. The molecule has 1 saturated carbocycles. The maximum Gasteiger partial charge on any atom is 0.0806 e. The van der Waals surface area contributed by atoms with Gasteiger partial charge in [0.25, 0.3) is 0 Å². The van der Waals surface area contributed by atoms with Gasteiger partial charge in [-0.2, -0.15) is 0 Å². The average molecular weight is 227 g/mol. The highest BCUT2D eigenvalue weighted by atomic mass is 16.5. The maximum atomic E-state index is 6.18. The smallest absolute Gasteiger partial charge is 0.0806 e. The van der Waals surface area contributed by atoms with Crippen molar-refractivity contribution in [3.8, 4) is 0 Å². The standard InChI is InChI=1S/C14H29NO/c1-4-6-11-16-14(12-15-3)9-7-13(5-2)8-10-14/h13,15H,4-12H2,1-3H3. The average Bonchev–Trinajstić information content (AvgIpc) is 2.31. The van der Waals surface area contributed by atoms with Crippen LogP contribution in [-0.2, 0) is 4.74 Å². The third-order valence-electron chi connectivity index (χ3n) is 4.00. The predicted octanol–water partition coefficient (Wildman–Crippen LogP) is 3.36. The van der Waals surface area contributed by atoms with Crippen molar-refractivity contribution in [1.82, 2.24) is 5.32 Å². The van der Waals surface area contributed by atoms with Gasteiger partial charge < -0.3 is 10.1 Å². The number of rotatable bonds is 7. The van der Waals surface area contributed by atoms with E-state index in [0.717, 1.165) is 19.1 Å². The third-order valence-corrected chi connectivity index (χ3v) is 4.00. The molecule has 0 unspecified atom stereocenters. The first-order valence-electron chi connectivity index (χ1n) is 7.05. The van der Waals surface area contributed by atoms with Gasteiger partial charge in [0.1, 0.15) is 0 Å². The Morgan fingerprint density at radius 1 is 1.25 bits per heavy atom. The van der Waals surface area contributed by atoms with Crippen molar-refractivity contribution < 1.29 is 4.74 Å².